The van der Waals surface area contributed by atoms with Gasteiger partial charge in [0.25, 0.3) is 0 Å². The van der Waals surface area contributed by atoms with Gasteiger partial charge in [-0.3, -0.25) is 4.90 Å². The molecule has 1 aromatic heterocycles. The molecule has 1 aromatic carbocycles. The number of benzene rings is 1. The van der Waals surface area contributed by atoms with Crippen molar-refractivity contribution in [1.82, 2.24) is 15.2 Å². The van der Waals surface area contributed by atoms with Crippen molar-refractivity contribution in [2.24, 2.45) is 0 Å². The number of rotatable bonds is 4. The van der Waals surface area contributed by atoms with Gasteiger partial charge in [-0.25, -0.2) is 4.98 Å². The molecule has 2 heterocycles. The highest BCUT2D eigenvalue weighted by Crippen LogP contribution is 2.24. The summed E-state index contributed by atoms with van der Waals surface area (Å²) in [7, 11) is 0. The Bertz CT molecular complexity index is 540. The molecule has 4 heteroatoms. The van der Waals surface area contributed by atoms with E-state index in [1.165, 1.54) is 10.6 Å². The third-order valence-electron chi connectivity index (χ3n) is 4.28. The molecule has 0 amide bonds. The smallest absolute Gasteiger partial charge is 0.0965 e. The first-order valence-corrected chi connectivity index (χ1v) is 8.53. The molecule has 2 aromatic rings. The van der Waals surface area contributed by atoms with Gasteiger partial charge in [-0.1, -0.05) is 37.3 Å². The molecule has 3 nitrogen and oxygen atoms in total. The Hall–Kier alpha value is -1.23. The first-order chi connectivity index (χ1) is 10.2. The van der Waals surface area contributed by atoms with Crippen LogP contribution >= 0.6 is 11.3 Å². The number of nitrogens with zero attached hydrogens (tertiary/aromatic N) is 2. The van der Waals surface area contributed by atoms with Crippen molar-refractivity contribution in [3.63, 3.8) is 0 Å². The van der Waals surface area contributed by atoms with E-state index in [1.54, 1.807) is 11.3 Å². The fraction of sp³-hybridized carbons (Fsp3) is 0.471. The van der Waals surface area contributed by atoms with E-state index in [0.717, 1.165) is 19.6 Å². The summed E-state index contributed by atoms with van der Waals surface area (Å²) < 4.78 is 0. The topological polar surface area (TPSA) is 28.2 Å². The Labute approximate surface area is 131 Å². The summed E-state index contributed by atoms with van der Waals surface area (Å²) in [6.07, 6.45) is 1.91. The molecule has 1 fully saturated rings. The van der Waals surface area contributed by atoms with E-state index in [4.69, 9.17) is 0 Å². The van der Waals surface area contributed by atoms with Crippen LogP contribution in [0.15, 0.2) is 41.9 Å². The van der Waals surface area contributed by atoms with E-state index in [-0.39, 0.29) is 0 Å². The van der Waals surface area contributed by atoms with Gasteiger partial charge in [-0.05, 0) is 12.5 Å². The summed E-state index contributed by atoms with van der Waals surface area (Å²) in [6.45, 7) is 7.79. The van der Waals surface area contributed by atoms with Crippen molar-refractivity contribution in [3.8, 4) is 0 Å². The highest BCUT2D eigenvalue weighted by molar-refractivity contribution is 7.09. The quantitative estimate of drug-likeness (QED) is 0.939. The lowest BCUT2D eigenvalue weighted by atomic mass is 10.0. The minimum atomic E-state index is 0.436. The molecule has 0 radical (unpaired) electrons. The van der Waals surface area contributed by atoms with E-state index in [2.05, 4.69) is 64.8 Å². The van der Waals surface area contributed by atoms with Gasteiger partial charge >= 0.3 is 0 Å². The first-order valence-electron chi connectivity index (χ1n) is 7.66. The van der Waals surface area contributed by atoms with Crippen LogP contribution < -0.4 is 5.32 Å². The van der Waals surface area contributed by atoms with Crippen molar-refractivity contribution in [1.29, 1.82) is 0 Å². The fourth-order valence-electron chi connectivity index (χ4n) is 2.99. The van der Waals surface area contributed by atoms with Gasteiger partial charge in [0.15, 0.2) is 0 Å². The predicted molar refractivity (Wildman–Crippen MR) is 88.7 cm³/mol. The largest absolute Gasteiger partial charge is 0.307 e. The van der Waals surface area contributed by atoms with Crippen molar-refractivity contribution in [2.45, 2.75) is 31.8 Å². The number of thiazole rings is 1. The van der Waals surface area contributed by atoms with Crippen LogP contribution in [0.1, 0.15) is 36.4 Å². The van der Waals surface area contributed by atoms with Crippen LogP contribution in [-0.4, -0.2) is 35.6 Å². The standard InChI is InChI=1S/C17H23N3S/c1-13(17-18-8-9-21-17)11-20-12-16(19-10-14(20)2)15-6-4-3-5-7-15/h3-9,13-14,16,19H,10-12H2,1-2H3. The van der Waals surface area contributed by atoms with Gasteiger partial charge in [-0.2, -0.15) is 0 Å². The second-order valence-corrected chi connectivity index (χ2v) is 6.87. The van der Waals surface area contributed by atoms with Crippen LogP contribution in [0.4, 0.5) is 0 Å². The highest BCUT2D eigenvalue weighted by Gasteiger charge is 2.27. The Kier molecular flexibility index (Phi) is 4.68. The average molecular weight is 301 g/mol. The Morgan fingerprint density at radius 1 is 1.38 bits per heavy atom. The Balaban J connectivity index is 1.66. The zero-order valence-electron chi connectivity index (χ0n) is 12.7. The maximum absolute atomic E-state index is 4.46. The van der Waals surface area contributed by atoms with Gasteiger partial charge in [0, 0.05) is 49.2 Å². The molecule has 0 aliphatic carbocycles. The lowest BCUT2D eigenvalue weighted by Crippen LogP contribution is -2.52. The van der Waals surface area contributed by atoms with E-state index in [9.17, 15) is 0 Å². The van der Waals surface area contributed by atoms with E-state index < -0.39 is 0 Å². The van der Waals surface area contributed by atoms with E-state index in [1.807, 2.05) is 6.20 Å². The maximum Gasteiger partial charge on any atom is 0.0965 e. The van der Waals surface area contributed by atoms with Crippen LogP contribution in [-0.2, 0) is 0 Å². The molecule has 0 spiro atoms. The number of aromatic nitrogens is 1. The van der Waals surface area contributed by atoms with E-state index in [0.29, 0.717) is 18.0 Å². The lowest BCUT2D eigenvalue weighted by molar-refractivity contribution is 0.134. The molecule has 3 atom stereocenters. The lowest BCUT2D eigenvalue weighted by Gasteiger charge is -2.40. The fourth-order valence-corrected chi connectivity index (χ4v) is 3.68. The summed E-state index contributed by atoms with van der Waals surface area (Å²) in [5, 5.41) is 6.98. The molecule has 112 valence electrons. The van der Waals surface area contributed by atoms with Gasteiger partial charge < -0.3 is 5.32 Å². The monoisotopic (exact) mass is 301 g/mol. The summed E-state index contributed by atoms with van der Waals surface area (Å²) in [6, 6.07) is 11.8. The molecule has 1 saturated heterocycles. The Morgan fingerprint density at radius 2 is 2.19 bits per heavy atom. The summed E-state index contributed by atoms with van der Waals surface area (Å²) in [5.74, 6) is 0.502. The third-order valence-corrected chi connectivity index (χ3v) is 5.29. The first kappa shape index (κ1) is 14.7. The molecule has 0 bridgehead atoms. The van der Waals surface area contributed by atoms with Crippen LogP contribution in [0.5, 0.6) is 0 Å². The van der Waals surface area contributed by atoms with Gasteiger partial charge in [0.2, 0.25) is 0 Å². The zero-order chi connectivity index (χ0) is 14.7. The molecule has 1 aliphatic rings. The van der Waals surface area contributed by atoms with E-state index >= 15 is 0 Å². The predicted octanol–water partition coefficient (Wildman–Crippen LogP) is 3.28. The normalized spacial score (nSPS) is 24.9. The molecule has 21 heavy (non-hydrogen) atoms. The van der Waals surface area contributed by atoms with Crippen molar-refractivity contribution >= 4 is 11.3 Å². The van der Waals surface area contributed by atoms with Crippen molar-refractivity contribution in [2.75, 3.05) is 19.6 Å². The van der Waals surface area contributed by atoms with Crippen LogP contribution in [0.3, 0.4) is 0 Å². The molecule has 1 aliphatic heterocycles. The minimum absolute atomic E-state index is 0.436. The molecular weight excluding hydrogens is 278 g/mol. The molecule has 0 saturated carbocycles. The minimum Gasteiger partial charge on any atom is -0.307 e. The third kappa shape index (κ3) is 3.51. The van der Waals surface area contributed by atoms with Crippen LogP contribution in [0, 0.1) is 0 Å². The van der Waals surface area contributed by atoms with Gasteiger partial charge in [0.05, 0.1) is 5.01 Å². The number of piperazine rings is 1. The van der Waals surface area contributed by atoms with Crippen LogP contribution in [0.2, 0.25) is 0 Å². The second-order valence-electron chi connectivity index (χ2n) is 5.95. The molecule has 1 N–H and O–H groups in total. The molecule has 3 rings (SSSR count). The number of hydrogen-bond donors (Lipinski definition) is 1. The number of nitrogens with one attached hydrogen (secondary N) is 1. The van der Waals surface area contributed by atoms with Crippen LogP contribution in [0.25, 0.3) is 0 Å². The number of hydrogen-bond acceptors (Lipinski definition) is 4. The average Bonchev–Trinajstić information content (AvgIpc) is 3.05. The van der Waals surface area contributed by atoms with Gasteiger partial charge in [0.1, 0.15) is 0 Å². The summed E-state index contributed by atoms with van der Waals surface area (Å²) >= 11 is 1.76. The summed E-state index contributed by atoms with van der Waals surface area (Å²) in [4.78, 5) is 7.06. The highest BCUT2D eigenvalue weighted by atomic mass is 32.1. The zero-order valence-corrected chi connectivity index (χ0v) is 13.5. The SMILES string of the molecule is CC(CN1CC(c2ccccc2)NCC1C)c1nccs1. The second kappa shape index (κ2) is 6.69. The van der Waals surface area contributed by atoms with Crippen molar-refractivity contribution in [3.05, 3.63) is 52.5 Å². The molecular formula is C17H23N3S. The van der Waals surface area contributed by atoms with Gasteiger partial charge in [-0.15, -0.1) is 11.3 Å². The Morgan fingerprint density at radius 3 is 2.90 bits per heavy atom. The molecule has 3 unspecified atom stereocenters. The summed E-state index contributed by atoms with van der Waals surface area (Å²) in [5.41, 5.74) is 1.39. The van der Waals surface area contributed by atoms with Crippen molar-refractivity contribution < 1.29 is 0 Å². The maximum atomic E-state index is 4.46.